The van der Waals surface area contributed by atoms with Crippen molar-refractivity contribution in [2.75, 3.05) is 38.1 Å². The number of nitro groups is 1. The molecule has 0 radical (unpaired) electrons. The van der Waals surface area contributed by atoms with E-state index in [1.807, 2.05) is 12.1 Å². The van der Waals surface area contributed by atoms with Gasteiger partial charge in [-0.2, -0.15) is 0 Å². The zero-order chi connectivity index (χ0) is 19.9. The molecule has 148 valence electrons. The maximum absolute atomic E-state index is 12.0. The number of nitrogens with one attached hydrogen (secondary N) is 2. The van der Waals surface area contributed by atoms with Crippen molar-refractivity contribution in [2.45, 2.75) is 13.1 Å². The van der Waals surface area contributed by atoms with E-state index >= 15 is 0 Å². The Kier molecular flexibility index (Phi) is 6.38. The number of nitrogens with zero attached hydrogens (tertiary/aromatic N) is 4. The van der Waals surface area contributed by atoms with E-state index in [1.54, 1.807) is 18.3 Å². The fourth-order valence-electron chi connectivity index (χ4n) is 2.95. The van der Waals surface area contributed by atoms with Crippen LogP contribution in [0.4, 0.5) is 16.3 Å². The van der Waals surface area contributed by atoms with Gasteiger partial charge in [0.15, 0.2) is 0 Å². The molecule has 0 aliphatic carbocycles. The molecule has 0 unspecified atom stereocenters. The van der Waals surface area contributed by atoms with E-state index in [0.29, 0.717) is 12.1 Å². The first-order chi connectivity index (χ1) is 13.5. The number of benzene rings is 1. The van der Waals surface area contributed by atoms with Gasteiger partial charge in [0.05, 0.1) is 4.92 Å². The van der Waals surface area contributed by atoms with Crippen LogP contribution in [0.15, 0.2) is 42.6 Å². The molecule has 28 heavy (non-hydrogen) atoms. The second-order valence-corrected chi connectivity index (χ2v) is 6.78. The first kappa shape index (κ1) is 19.6. The average molecular weight is 384 g/mol. The van der Waals surface area contributed by atoms with Crippen molar-refractivity contribution in [2.24, 2.45) is 0 Å². The molecule has 2 aromatic rings. The van der Waals surface area contributed by atoms with Crippen molar-refractivity contribution in [3.8, 4) is 0 Å². The van der Waals surface area contributed by atoms with Crippen molar-refractivity contribution < 1.29 is 9.72 Å². The minimum atomic E-state index is -0.456. The molecule has 9 nitrogen and oxygen atoms in total. The number of likely N-dealkylation sites (N-methyl/N-ethyl adjacent to an activating group) is 1. The first-order valence-electron chi connectivity index (χ1n) is 9.15. The highest BCUT2D eigenvalue weighted by Crippen LogP contribution is 2.14. The van der Waals surface area contributed by atoms with Crippen LogP contribution < -0.4 is 15.5 Å². The molecule has 2 heterocycles. The number of rotatable bonds is 6. The van der Waals surface area contributed by atoms with Gasteiger partial charge in [0, 0.05) is 57.6 Å². The number of anilines is 1. The fraction of sp³-hybridized carbons (Fsp3) is 0.368. The van der Waals surface area contributed by atoms with Crippen molar-refractivity contribution in [1.29, 1.82) is 0 Å². The largest absolute Gasteiger partial charge is 0.354 e. The number of carbonyl (C=O) groups excluding carboxylic acids is 1. The zero-order valence-electron chi connectivity index (χ0n) is 15.8. The molecule has 0 saturated carbocycles. The van der Waals surface area contributed by atoms with Crippen molar-refractivity contribution in [3.05, 3.63) is 63.8 Å². The summed E-state index contributed by atoms with van der Waals surface area (Å²) in [6.45, 7) is 4.54. The van der Waals surface area contributed by atoms with Gasteiger partial charge in [0.25, 0.3) is 5.69 Å². The third-order valence-electron chi connectivity index (χ3n) is 4.66. The van der Waals surface area contributed by atoms with Crippen molar-refractivity contribution in [3.63, 3.8) is 0 Å². The highest BCUT2D eigenvalue weighted by molar-refractivity contribution is 5.73. The zero-order valence-corrected chi connectivity index (χ0v) is 15.8. The molecule has 2 amide bonds. The third kappa shape index (κ3) is 5.40. The monoisotopic (exact) mass is 384 g/mol. The lowest BCUT2D eigenvalue weighted by Crippen LogP contribution is -2.44. The molecule has 1 aliphatic rings. The number of urea groups is 1. The van der Waals surface area contributed by atoms with Crippen LogP contribution in [0.5, 0.6) is 0 Å². The van der Waals surface area contributed by atoms with Crippen LogP contribution in [-0.4, -0.2) is 54.1 Å². The van der Waals surface area contributed by atoms with Gasteiger partial charge in [-0.25, -0.2) is 9.78 Å². The van der Waals surface area contributed by atoms with E-state index in [1.165, 1.54) is 12.1 Å². The third-order valence-corrected chi connectivity index (χ3v) is 4.66. The molecule has 3 rings (SSSR count). The Morgan fingerprint density at radius 1 is 1.11 bits per heavy atom. The van der Waals surface area contributed by atoms with Gasteiger partial charge >= 0.3 is 6.03 Å². The number of pyridine rings is 1. The molecule has 1 fully saturated rings. The van der Waals surface area contributed by atoms with Crippen LogP contribution >= 0.6 is 0 Å². The van der Waals surface area contributed by atoms with Gasteiger partial charge in [-0.3, -0.25) is 10.1 Å². The lowest BCUT2D eigenvalue weighted by molar-refractivity contribution is -0.384. The average Bonchev–Trinajstić information content (AvgIpc) is 2.72. The summed E-state index contributed by atoms with van der Waals surface area (Å²) in [6, 6.07) is 9.79. The molecule has 1 saturated heterocycles. The molecule has 9 heteroatoms. The number of hydrogen-bond donors (Lipinski definition) is 2. The van der Waals surface area contributed by atoms with Gasteiger partial charge in [-0.05, 0) is 24.2 Å². The molecule has 1 aliphatic heterocycles. The molecule has 1 aromatic heterocycles. The van der Waals surface area contributed by atoms with Gasteiger partial charge < -0.3 is 20.4 Å². The maximum Gasteiger partial charge on any atom is 0.315 e. The van der Waals surface area contributed by atoms with Crippen LogP contribution in [0.3, 0.4) is 0 Å². The Bertz CT molecular complexity index is 819. The van der Waals surface area contributed by atoms with Crippen molar-refractivity contribution >= 4 is 17.5 Å². The van der Waals surface area contributed by atoms with Crippen LogP contribution in [0.1, 0.15) is 11.1 Å². The predicted molar refractivity (Wildman–Crippen MR) is 106 cm³/mol. The smallest absolute Gasteiger partial charge is 0.315 e. The Labute approximate surface area is 163 Å². The summed E-state index contributed by atoms with van der Waals surface area (Å²) in [7, 11) is 2.11. The number of piperazine rings is 1. The van der Waals surface area contributed by atoms with Crippen LogP contribution in [0, 0.1) is 10.1 Å². The maximum atomic E-state index is 12.0. The standard InChI is InChI=1S/C19H24N6O3/c1-23-7-9-24(10-8-23)18-6-5-16(13-20-18)14-22-19(26)21-12-15-3-2-4-17(11-15)25(27)28/h2-6,11,13H,7-10,12,14H2,1H3,(H2,21,22,26). The van der Waals surface area contributed by atoms with E-state index < -0.39 is 4.92 Å². The lowest BCUT2D eigenvalue weighted by atomic mass is 10.2. The second kappa shape index (κ2) is 9.14. The minimum absolute atomic E-state index is 0.00576. The number of amides is 2. The Hall–Kier alpha value is -3.20. The Morgan fingerprint density at radius 3 is 2.46 bits per heavy atom. The quantitative estimate of drug-likeness (QED) is 0.581. The van der Waals surface area contributed by atoms with E-state index in [2.05, 4.69) is 32.5 Å². The van der Waals surface area contributed by atoms with Crippen molar-refractivity contribution in [1.82, 2.24) is 20.5 Å². The topological polar surface area (TPSA) is 104 Å². The van der Waals surface area contributed by atoms with Gasteiger partial charge in [0.1, 0.15) is 5.82 Å². The summed E-state index contributed by atoms with van der Waals surface area (Å²) in [4.78, 5) is 31.3. The van der Waals surface area contributed by atoms with Gasteiger partial charge in [0.2, 0.25) is 0 Å². The van der Waals surface area contributed by atoms with Crippen LogP contribution in [0.2, 0.25) is 0 Å². The predicted octanol–water partition coefficient (Wildman–Crippen LogP) is 1.74. The normalized spacial score (nSPS) is 14.5. The number of hydrogen-bond acceptors (Lipinski definition) is 6. The van der Waals surface area contributed by atoms with Gasteiger partial charge in [-0.1, -0.05) is 18.2 Å². The Balaban J connectivity index is 1.44. The lowest BCUT2D eigenvalue weighted by Gasteiger charge is -2.33. The molecule has 0 spiro atoms. The van der Waals surface area contributed by atoms with Gasteiger partial charge in [-0.15, -0.1) is 0 Å². The molecule has 2 N–H and O–H groups in total. The molecular formula is C19H24N6O3. The summed E-state index contributed by atoms with van der Waals surface area (Å²) in [5.41, 5.74) is 1.58. The molecule has 0 atom stereocenters. The summed E-state index contributed by atoms with van der Waals surface area (Å²) >= 11 is 0. The number of aromatic nitrogens is 1. The van der Waals surface area contributed by atoms with E-state index in [0.717, 1.165) is 37.6 Å². The summed E-state index contributed by atoms with van der Waals surface area (Å²) in [5.74, 6) is 0.951. The van der Waals surface area contributed by atoms with Crippen LogP contribution in [0.25, 0.3) is 0 Å². The SMILES string of the molecule is CN1CCN(c2ccc(CNC(=O)NCc3cccc([N+](=O)[O-])c3)cn2)CC1. The summed E-state index contributed by atoms with van der Waals surface area (Å²) in [5, 5.41) is 16.2. The van der Waals surface area contributed by atoms with E-state index in [-0.39, 0.29) is 18.3 Å². The Morgan fingerprint density at radius 2 is 1.82 bits per heavy atom. The summed E-state index contributed by atoms with van der Waals surface area (Å²) < 4.78 is 0. The van der Waals surface area contributed by atoms with E-state index in [9.17, 15) is 14.9 Å². The fourth-order valence-corrected chi connectivity index (χ4v) is 2.95. The molecular weight excluding hydrogens is 360 g/mol. The second-order valence-electron chi connectivity index (χ2n) is 6.78. The molecule has 0 bridgehead atoms. The number of carbonyl (C=O) groups is 1. The number of nitro benzene ring substituents is 1. The number of non-ortho nitro benzene ring substituents is 1. The van der Waals surface area contributed by atoms with Crippen LogP contribution in [-0.2, 0) is 13.1 Å². The van der Waals surface area contributed by atoms with E-state index in [4.69, 9.17) is 0 Å². The summed E-state index contributed by atoms with van der Waals surface area (Å²) in [6.07, 6.45) is 1.77. The highest BCUT2D eigenvalue weighted by atomic mass is 16.6. The molecule has 1 aromatic carbocycles. The minimum Gasteiger partial charge on any atom is -0.354 e. The highest BCUT2D eigenvalue weighted by Gasteiger charge is 2.15. The first-order valence-corrected chi connectivity index (χ1v) is 9.15.